The number of halogens is 3. The highest BCUT2D eigenvalue weighted by Gasteiger charge is 2.27. The van der Waals surface area contributed by atoms with Crippen LogP contribution in [0.15, 0.2) is 6.07 Å². The molecule has 1 aromatic heterocycles. The van der Waals surface area contributed by atoms with Crippen LogP contribution in [0, 0.1) is 13.8 Å². The minimum absolute atomic E-state index is 0.0604. The van der Waals surface area contributed by atoms with Gasteiger partial charge in [-0.25, -0.2) is 0 Å². The second-order valence-electron chi connectivity index (χ2n) is 3.77. The largest absolute Gasteiger partial charge is 0.411 e. The van der Waals surface area contributed by atoms with Gasteiger partial charge in [-0.1, -0.05) is 0 Å². The summed E-state index contributed by atoms with van der Waals surface area (Å²) in [6.07, 6.45) is -4.33. The molecule has 0 aromatic carbocycles. The molecule has 1 rings (SSSR count). The third-order valence-electron chi connectivity index (χ3n) is 2.19. The summed E-state index contributed by atoms with van der Waals surface area (Å²) in [6.45, 7) is 2.41. The molecule has 0 radical (unpaired) electrons. The van der Waals surface area contributed by atoms with E-state index < -0.39 is 12.8 Å². The summed E-state index contributed by atoms with van der Waals surface area (Å²) in [5.41, 5.74) is 1.03. The number of alkyl halides is 3. The number of aryl methyl sites for hydroxylation is 2. The molecule has 3 nitrogen and oxygen atoms in total. The zero-order chi connectivity index (χ0) is 13.8. The number of thiophene rings is 1. The number of amides is 1. The van der Waals surface area contributed by atoms with Crippen molar-refractivity contribution in [3.8, 4) is 0 Å². The van der Waals surface area contributed by atoms with E-state index >= 15 is 0 Å². The Labute approximate surface area is 107 Å². The van der Waals surface area contributed by atoms with E-state index in [2.05, 4.69) is 10.1 Å². The summed E-state index contributed by atoms with van der Waals surface area (Å²) in [5.74, 6) is -0.285. The van der Waals surface area contributed by atoms with E-state index in [1.165, 1.54) is 11.3 Å². The molecule has 102 valence electrons. The maximum absolute atomic E-state index is 11.7. The molecular formula is C11H14F3NO2S. The second kappa shape index (κ2) is 6.19. The van der Waals surface area contributed by atoms with Crippen molar-refractivity contribution in [1.82, 2.24) is 5.32 Å². The van der Waals surface area contributed by atoms with Crippen molar-refractivity contribution in [3.63, 3.8) is 0 Å². The zero-order valence-corrected chi connectivity index (χ0v) is 10.9. The molecule has 1 N–H and O–H groups in total. The van der Waals surface area contributed by atoms with Crippen LogP contribution in [0.5, 0.6) is 0 Å². The number of nitrogens with one attached hydrogen (secondary N) is 1. The Morgan fingerprint density at radius 1 is 1.44 bits per heavy atom. The Morgan fingerprint density at radius 3 is 2.61 bits per heavy atom. The molecule has 1 amide bonds. The van der Waals surface area contributed by atoms with Gasteiger partial charge in [-0.15, -0.1) is 11.3 Å². The van der Waals surface area contributed by atoms with Gasteiger partial charge in [0.05, 0.1) is 11.5 Å². The topological polar surface area (TPSA) is 38.3 Å². The fourth-order valence-corrected chi connectivity index (χ4v) is 2.15. The van der Waals surface area contributed by atoms with Crippen molar-refractivity contribution in [2.45, 2.75) is 20.0 Å². The maximum Gasteiger partial charge on any atom is 0.411 e. The average Bonchev–Trinajstić information content (AvgIpc) is 2.57. The summed E-state index contributed by atoms with van der Waals surface area (Å²) in [4.78, 5) is 13.2. The lowest BCUT2D eigenvalue weighted by atomic mass is 10.3. The number of ether oxygens (including phenoxy) is 1. The lowest BCUT2D eigenvalue weighted by Gasteiger charge is -2.07. The van der Waals surface area contributed by atoms with E-state index in [-0.39, 0.29) is 19.1 Å². The summed E-state index contributed by atoms with van der Waals surface area (Å²) in [6, 6.07) is 1.76. The van der Waals surface area contributed by atoms with Gasteiger partial charge in [0.15, 0.2) is 0 Å². The average molecular weight is 281 g/mol. The summed E-state index contributed by atoms with van der Waals surface area (Å²) < 4.78 is 39.6. The lowest BCUT2D eigenvalue weighted by molar-refractivity contribution is -0.173. The van der Waals surface area contributed by atoms with Crippen LogP contribution < -0.4 is 5.32 Å². The van der Waals surface area contributed by atoms with Crippen molar-refractivity contribution in [3.05, 3.63) is 21.4 Å². The van der Waals surface area contributed by atoms with Gasteiger partial charge in [0, 0.05) is 11.4 Å². The smallest absolute Gasteiger partial charge is 0.370 e. The van der Waals surface area contributed by atoms with E-state index in [9.17, 15) is 18.0 Å². The van der Waals surface area contributed by atoms with Crippen molar-refractivity contribution >= 4 is 17.2 Å². The van der Waals surface area contributed by atoms with Gasteiger partial charge in [0.2, 0.25) is 0 Å². The van der Waals surface area contributed by atoms with Crippen LogP contribution in [0.2, 0.25) is 0 Å². The summed E-state index contributed by atoms with van der Waals surface area (Å²) >= 11 is 1.36. The van der Waals surface area contributed by atoms with Crippen LogP contribution >= 0.6 is 11.3 Å². The van der Waals surface area contributed by atoms with Crippen LogP contribution in [-0.2, 0) is 4.74 Å². The molecule has 0 aliphatic heterocycles. The van der Waals surface area contributed by atoms with E-state index in [1.807, 2.05) is 13.8 Å². The standard InChI is InChI=1S/C11H14F3NO2S/c1-7-5-9(18-8(7)2)10(16)15-3-4-17-6-11(12,13)14/h5H,3-4,6H2,1-2H3,(H,15,16). The zero-order valence-electron chi connectivity index (χ0n) is 10.1. The maximum atomic E-state index is 11.7. The van der Waals surface area contributed by atoms with Crippen LogP contribution in [0.25, 0.3) is 0 Å². The first kappa shape index (κ1) is 15.0. The van der Waals surface area contributed by atoms with Gasteiger partial charge in [-0.05, 0) is 25.5 Å². The minimum Gasteiger partial charge on any atom is -0.370 e. The lowest BCUT2D eigenvalue weighted by Crippen LogP contribution is -2.28. The molecule has 0 saturated carbocycles. The fraction of sp³-hybridized carbons (Fsp3) is 0.545. The van der Waals surface area contributed by atoms with E-state index in [4.69, 9.17) is 0 Å². The van der Waals surface area contributed by atoms with E-state index in [0.717, 1.165) is 10.4 Å². The predicted octanol–water partition coefficient (Wildman–Crippen LogP) is 2.67. The normalized spacial score (nSPS) is 11.6. The molecule has 7 heteroatoms. The molecule has 0 atom stereocenters. The number of carbonyl (C=O) groups excluding carboxylic acids is 1. The molecular weight excluding hydrogens is 267 g/mol. The molecule has 0 aliphatic carbocycles. The van der Waals surface area contributed by atoms with Crippen LogP contribution in [0.4, 0.5) is 13.2 Å². The van der Waals surface area contributed by atoms with Crippen molar-refractivity contribution in [1.29, 1.82) is 0 Å². The van der Waals surface area contributed by atoms with Gasteiger partial charge in [-0.3, -0.25) is 4.79 Å². The van der Waals surface area contributed by atoms with Gasteiger partial charge >= 0.3 is 6.18 Å². The molecule has 0 spiro atoms. The molecule has 0 saturated heterocycles. The van der Waals surface area contributed by atoms with Crippen molar-refractivity contribution in [2.24, 2.45) is 0 Å². The third-order valence-corrected chi connectivity index (χ3v) is 3.34. The summed E-state index contributed by atoms with van der Waals surface area (Å²) in [7, 11) is 0. The SMILES string of the molecule is Cc1cc(C(=O)NCCOCC(F)(F)F)sc1C. The molecule has 1 aromatic rings. The molecule has 0 fully saturated rings. The number of hydrogen-bond donors (Lipinski definition) is 1. The minimum atomic E-state index is -4.33. The van der Waals surface area contributed by atoms with E-state index in [0.29, 0.717) is 4.88 Å². The van der Waals surface area contributed by atoms with Crippen LogP contribution in [0.3, 0.4) is 0 Å². The molecule has 0 bridgehead atoms. The Morgan fingerprint density at radius 2 is 2.11 bits per heavy atom. The third kappa shape index (κ3) is 5.05. The number of hydrogen-bond acceptors (Lipinski definition) is 3. The Bertz CT molecular complexity index is 395. The van der Waals surface area contributed by atoms with Gasteiger partial charge in [0.1, 0.15) is 6.61 Å². The highest BCUT2D eigenvalue weighted by molar-refractivity contribution is 7.14. The Balaban J connectivity index is 2.26. The first-order valence-corrected chi connectivity index (χ1v) is 6.11. The van der Waals surface area contributed by atoms with Crippen LogP contribution in [-0.4, -0.2) is 31.8 Å². The Hall–Kier alpha value is -1.08. The molecule has 0 unspecified atom stereocenters. The van der Waals surface area contributed by atoms with Crippen molar-refractivity contribution in [2.75, 3.05) is 19.8 Å². The Kier molecular flexibility index (Phi) is 5.15. The molecule has 0 aliphatic rings. The van der Waals surface area contributed by atoms with Gasteiger partial charge in [0.25, 0.3) is 5.91 Å². The van der Waals surface area contributed by atoms with Gasteiger partial charge in [-0.2, -0.15) is 13.2 Å². The quantitative estimate of drug-likeness (QED) is 0.843. The monoisotopic (exact) mass is 281 g/mol. The predicted molar refractivity (Wildman–Crippen MR) is 63.0 cm³/mol. The highest BCUT2D eigenvalue weighted by atomic mass is 32.1. The molecule has 1 heterocycles. The van der Waals surface area contributed by atoms with E-state index in [1.54, 1.807) is 6.07 Å². The van der Waals surface area contributed by atoms with Crippen molar-refractivity contribution < 1.29 is 22.7 Å². The number of rotatable bonds is 5. The van der Waals surface area contributed by atoms with Crippen LogP contribution in [0.1, 0.15) is 20.1 Å². The highest BCUT2D eigenvalue weighted by Crippen LogP contribution is 2.20. The molecule has 18 heavy (non-hydrogen) atoms. The summed E-state index contributed by atoms with van der Waals surface area (Å²) in [5, 5.41) is 2.50. The second-order valence-corrected chi connectivity index (χ2v) is 5.03. The first-order valence-electron chi connectivity index (χ1n) is 5.29. The first-order chi connectivity index (χ1) is 8.29. The number of carbonyl (C=O) groups is 1. The van der Waals surface area contributed by atoms with Gasteiger partial charge < -0.3 is 10.1 Å². The fourth-order valence-electron chi connectivity index (χ4n) is 1.20.